The maximum absolute atomic E-state index is 15.4. The van der Waals surface area contributed by atoms with E-state index in [0.717, 1.165) is 16.7 Å². The number of fused-ring (bicyclic) bond motifs is 1. The Balaban J connectivity index is 1.51. The molecule has 0 spiro atoms. The first-order chi connectivity index (χ1) is 17.2. The third-order valence-corrected chi connectivity index (χ3v) is 7.57. The average Bonchev–Trinajstić information content (AvgIpc) is 3.08. The second-order valence-electron chi connectivity index (χ2n) is 9.02. The first-order valence-corrected chi connectivity index (χ1v) is 13.2. The molecule has 0 saturated carbocycles. The Kier molecular flexibility index (Phi) is 6.39. The van der Waals surface area contributed by atoms with E-state index in [0.29, 0.717) is 10.7 Å². The number of rotatable bonds is 5. The number of halogens is 1. The third-order valence-electron chi connectivity index (χ3n) is 6.62. The number of benzene rings is 3. The van der Waals surface area contributed by atoms with Crippen molar-refractivity contribution in [2.24, 2.45) is 13.0 Å². The monoisotopic (exact) mass is 504 g/mol. The van der Waals surface area contributed by atoms with Crippen molar-refractivity contribution >= 4 is 25.1 Å². The summed E-state index contributed by atoms with van der Waals surface area (Å²) < 4.78 is 34.5. The molecule has 1 aliphatic rings. The van der Waals surface area contributed by atoms with Crippen LogP contribution >= 0.6 is 7.60 Å². The molecule has 2 N–H and O–H groups in total. The van der Waals surface area contributed by atoms with Gasteiger partial charge in [-0.05, 0) is 47.0 Å². The van der Waals surface area contributed by atoms with E-state index in [-0.39, 0.29) is 28.9 Å². The van der Waals surface area contributed by atoms with Gasteiger partial charge in [-0.1, -0.05) is 67.6 Å². The van der Waals surface area contributed by atoms with Gasteiger partial charge in [0.2, 0.25) is 0 Å². The van der Waals surface area contributed by atoms with Crippen LogP contribution in [0.3, 0.4) is 0 Å². The van der Waals surface area contributed by atoms with Crippen LogP contribution in [-0.2, 0) is 11.6 Å². The Hall–Kier alpha value is -3.51. The molecule has 1 aliphatic carbocycles. The Morgan fingerprint density at radius 2 is 1.64 bits per heavy atom. The van der Waals surface area contributed by atoms with Crippen molar-refractivity contribution in [3.05, 3.63) is 95.1 Å². The van der Waals surface area contributed by atoms with Crippen molar-refractivity contribution in [2.45, 2.75) is 19.0 Å². The molecular formula is C28H26FN2O4P. The van der Waals surface area contributed by atoms with Gasteiger partial charge >= 0.3 is 13.6 Å². The normalized spacial score (nSPS) is 19.5. The second kappa shape index (κ2) is 9.51. The standard InChI is InChI=1S/C28H26FN2O4P/c1-18-24(21-13-11-20(12-14-21)19-7-4-3-5-8-19)16-26-27(17-25(18)29)31(2)28(30-26)35-22-9-6-10-23(15-22)36(32,33)34/h3-18,24-25H,1-2H3,(H2,32,33,34). The minimum Gasteiger partial charge on any atom is -0.425 e. The number of imidazole rings is 1. The Morgan fingerprint density at radius 3 is 2.33 bits per heavy atom. The fourth-order valence-corrected chi connectivity index (χ4v) is 5.08. The van der Waals surface area contributed by atoms with Crippen LogP contribution in [0.1, 0.15) is 18.4 Å². The fraction of sp³-hybridized carbons (Fsp3) is 0.179. The number of nitrogens with zero attached hydrogens (tertiary/aromatic N) is 2. The van der Waals surface area contributed by atoms with E-state index in [9.17, 15) is 14.4 Å². The van der Waals surface area contributed by atoms with E-state index in [2.05, 4.69) is 29.2 Å². The smallest absolute Gasteiger partial charge is 0.356 e. The highest BCUT2D eigenvalue weighted by atomic mass is 31.2. The Labute approximate surface area is 208 Å². The van der Waals surface area contributed by atoms with Crippen molar-refractivity contribution in [3.8, 4) is 22.9 Å². The van der Waals surface area contributed by atoms with Crippen molar-refractivity contribution in [3.63, 3.8) is 0 Å². The zero-order valence-electron chi connectivity index (χ0n) is 19.8. The predicted octanol–water partition coefficient (Wildman–Crippen LogP) is 4.02. The lowest BCUT2D eigenvalue weighted by molar-refractivity contribution is 0.301. The van der Waals surface area contributed by atoms with Crippen LogP contribution in [0.15, 0.2) is 78.9 Å². The zero-order chi connectivity index (χ0) is 25.4. The van der Waals surface area contributed by atoms with Crippen LogP contribution in [0.25, 0.3) is 23.3 Å². The highest BCUT2D eigenvalue weighted by Crippen LogP contribution is 2.35. The first-order valence-electron chi connectivity index (χ1n) is 11.6. The van der Waals surface area contributed by atoms with Gasteiger partial charge < -0.3 is 14.5 Å². The first kappa shape index (κ1) is 24.2. The van der Waals surface area contributed by atoms with Gasteiger partial charge in [0.15, 0.2) is 0 Å². The molecule has 0 amide bonds. The van der Waals surface area contributed by atoms with Gasteiger partial charge in [0.05, 0.1) is 16.0 Å². The highest BCUT2D eigenvalue weighted by Gasteiger charge is 2.28. The summed E-state index contributed by atoms with van der Waals surface area (Å²) in [6, 6.07) is 24.2. The second-order valence-corrected chi connectivity index (χ2v) is 10.6. The van der Waals surface area contributed by atoms with Crippen LogP contribution in [-0.4, -0.2) is 25.5 Å². The van der Waals surface area contributed by atoms with E-state index in [4.69, 9.17) is 4.74 Å². The maximum atomic E-state index is 15.4. The molecule has 5 rings (SSSR count). The summed E-state index contributed by atoms with van der Waals surface area (Å²) in [6.07, 6.45) is 2.32. The van der Waals surface area contributed by atoms with Crippen molar-refractivity contribution < 1.29 is 23.5 Å². The SMILES string of the molecule is CC1C(F)C=c2c(nc(Oc3cccc(P(=O)(O)O)c3)n2C)=CC1c1ccc(-c2ccccc2)cc1. The van der Waals surface area contributed by atoms with Crippen LogP contribution in [0.5, 0.6) is 11.8 Å². The maximum Gasteiger partial charge on any atom is 0.356 e. The summed E-state index contributed by atoms with van der Waals surface area (Å²) in [5.74, 6) is -0.272. The van der Waals surface area contributed by atoms with Crippen LogP contribution in [0.4, 0.5) is 4.39 Å². The number of alkyl halides is 1. The lowest BCUT2D eigenvalue weighted by Crippen LogP contribution is -2.29. The summed E-state index contributed by atoms with van der Waals surface area (Å²) in [7, 11) is -2.70. The largest absolute Gasteiger partial charge is 0.425 e. The molecule has 0 fully saturated rings. The number of hydrogen-bond acceptors (Lipinski definition) is 3. The van der Waals surface area contributed by atoms with Gasteiger partial charge in [-0.15, -0.1) is 0 Å². The van der Waals surface area contributed by atoms with Crippen LogP contribution in [0, 0.1) is 5.92 Å². The molecule has 1 heterocycles. The van der Waals surface area contributed by atoms with Gasteiger partial charge in [0.1, 0.15) is 11.9 Å². The van der Waals surface area contributed by atoms with Crippen molar-refractivity contribution in [1.29, 1.82) is 0 Å². The summed E-state index contributed by atoms with van der Waals surface area (Å²) >= 11 is 0. The van der Waals surface area contributed by atoms with E-state index in [1.54, 1.807) is 23.8 Å². The Morgan fingerprint density at radius 1 is 0.944 bits per heavy atom. The van der Waals surface area contributed by atoms with Gasteiger partial charge in [0, 0.05) is 18.9 Å². The third kappa shape index (κ3) is 4.78. The quantitative estimate of drug-likeness (QED) is 0.401. The molecule has 3 atom stereocenters. The molecule has 3 unspecified atom stereocenters. The summed E-state index contributed by atoms with van der Waals surface area (Å²) in [5.41, 5.74) is 3.21. The summed E-state index contributed by atoms with van der Waals surface area (Å²) in [5, 5.41) is 1.05. The van der Waals surface area contributed by atoms with Crippen molar-refractivity contribution in [2.75, 3.05) is 0 Å². The number of aromatic nitrogens is 2. The van der Waals surface area contributed by atoms with E-state index in [1.165, 1.54) is 18.2 Å². The van der Waals surface area contributed by atoms with E-state index in [1.807, 2.05) is 43.3 Å². The van der Waals surface area contributed by atoms with Gasteiger partial charge in [-0.2, -0.15) is 4.98 Å². The molecule has 8 heteroatoms. The minimum absolute atomic E-state index is 0.148. The molecule has 6 nitrogen and oxygen atoms in total. The van der Waals surface area contributed by atoms with Crippen LogP contribution in [0.2, 0.25) is 0 Å². The molecule has 3 aromatic carbocycles. The molecule has 1 aromatic heterocycles. The fourth-order valence-electron chi connectivity index (χ4n) is 4.51. The van der Waals surface area contributed by atoms with E-state index < -0.39 is 13.8 Å². The Bertz CT molecular complexity index is 1560. The minimum atomic E-state index is -4.42. The highest BCUT2D eigenvalue weighted by molar-refractivity contribution is 7.60. The summed E-state index contributed by atoms with van der Waals surface area (Å²) in [4.78, 5) is 23.5. The molecule has 0 radical (unpaired) electrons. The number of hydrogen-bond donors (Lipinski definition) is 2. The van der Waals surface area contributed by atoms with Gasteiger partial charge in [-0.25, -0.2) is 4.39 Å². The summed E-state index contributed by atoms with van der Waals surface area (Å²) in [6.45, 7) is 1.89. The lowest BCUT2D eigenvalue weighted by Gasteiger charge is -2.22. The topological polar surface area (TPSA) is 84.6 Å². The molecule has 0 aliphatic heterocycles. The van der Waals surface area contributed by atoms with E-state index >= 15 is 4.39 Å². The molecule has 0 bridgehead atoms. The van der Waals surface area contributed by atoms with Gasteiger partial charge in [-0.3, -0.25) is 9.13 Å². The molecule has 36 heavy (non-hydrogen) atoms. The van der Waals surface area contributed by atoms with Crippen molar-refractivity contribution in [1.82, 2.24) is 9.55 Å². The molecule has 4 aromatic rings. The lowest BCUT2D eigenvalue weighted by atomic mass is 9.84. The molecular weight excluding hydrogens is 478 g/mol. The van der Waals surface area contributed by atoms with Crippen LogP contribution < -0.4 is 20.7 Å². The zero-order valence-corrected chi connectivity index (χ0v) is 20.7. The average molecular weight is 504 g/mol. The number of ether oxygens (including phenoxy) is 1. The molecule has 184 valence electrons. The van der Waals surface area contributed by atoms with Gasteiger partial charge in [0.25, 0.3) is 0 Å². The predicted molar refractivity (Wildman–Crippen MR) is 138 cm³/mol. The molecule has 0 saturated heterocycles.